The lowest BCUT2D eigenvalue weighted by molar-refractivity contribution is -0.143. The Morgan fingerprint density at radius 3 is 2.48 bits per heavy atom. The third kappa shape index (κ3) is 10.8. The number of nitrogens with two attached hydrogens (primary N) is 1. The van der Waals surface area contributed by atoms with Gasteiger partial charge in [0.15, 0.2) is 0 Å². The Kier molecular flexibility index (Phi) is 13.0. The molecule has 1 fully saturated rings. The molecule has 0 saturated carbocycles. The minimum atomic E-state index is -1.08. The molecule has 0 aliphatic carbocycles. The van der Waals surface area contributed by atoms with Gasteiger partial charge in [0.25, 0.3) is 5.91 Å². The van der Waals surface area contributed by atoms with Gasteiger partial charge in [-0.3, -0.25) is 9.59 Å². The van der Waals surface area contributed by atoms with E-state index in [1.165, 1.54) is 13.2 Å². The predicted octanol–water partition coefficient (Wildman–Crippen LogP) is 4.74. The number of benzene rings is 2. The van der Waals surface area contributed by atoms with Crippen molar-refractivity contribution in [1.29, 1.82) is 0 Å². The highest BCUT2D eigenvalue weighted by molar-refractivity contribution is 8.13. The van der Waals surface area contributed by atoms with Gasteiger partial charge in [0.2, 0.25) is 5.91 Å². The molecule has 13 heteroatoms. The van der Waals surface area contributed by atoms with Crippen molar-refractivity contribution in [3.05, 3.63) is 66.7 Å². The van der Waals surface area contributed by atoms with Crippen molar-refractivity contribution < 1.29 is 38.2 Å². The fraction of sp³-hybridized carbons (Fsp3) is 0.424. The first-order valence-corrected chi connectivity index (χ1v) is 15.7. The summed E-state index contributed by atoms with van der Waals surface area (Å²) in [6.07, 6.45) is 1.31. The molecule has 0 radical (unpaired) electrons. The number of thioether (sulfide) groups is 1. The van der Waals surface area contributed by atoms with Crippen LogP contribution in [0.4, 0.5) is 15.3 Å². The zero-order valence-corrected chi connectivity index (χ0v) is 27.4. The smallest absolute Gasteiger partial charge is 0.410 e. The average Bonchev–Trinajstić information content (AvgIpc) is 3.41. The second kappa shape index (κ2) is 16.7. The number of rotatable bonds is 13. The van der Waals surface area contributed by atoms with Crippen molar-refractivity contribution in [2.45, 2.75) is 63.0 Å². The molecular weight excluding hydrogens is 612 g/mol. The van der Waals surface area contributed by atoms with E-state index in [9.17, 15) is 24.0 Å². The zero-order chi connectivity index (χ0) is 33.9. The molecule has 2 aromatic carbocycles. The third-order valence-electron chi connectivity index (χ3n) is 6.95. The lowest BCUT2D eigenvalue weighted by Gasteiger charge is -2.24. The van der Waals surface area contributed by atoms with Crippen LogP contribution >= 0.6 is 11.8 Å². The first-order valence-electron chi connectivity index (χ1n) is 14.9. The van der Waals surface area contributed by atoms with Crippen LogP contribution in [0.3, 0.4) is 0 Å². The van der Waals surface area contributed by atoms with Crippen molar-refractivity contribution >= 4 is 46.6 Å². The Morgan fingerprint density at radius 1 is 1.13 bits per heavy atom. The molecule has 1 heterocycles. The first-order chi connectivity index (χ1) is 21.8. The zero-order valence-electron chi connectivity index (χ0n) is 26.6. The molecule has 46 heavy (non-hydrogen) atoms. The molecule has 1 aliphatic rings. The van der Waals surface area contributed by atoms with Gasteiger partial charge in [0.05, 0.1) is 13.2 Å². The normalized spacial score (nSPS) is 16.6. The van der Waals surface area contributed by atoms with Gasteiger partial charge >= 0.3 is 17.4 Å². The highest BCUT2D eigenvalue weighted by Gasteiger charge is 2.38. The van der Waals surface area contributed by atoms with Crippen LogP contribution < -0.4 is 16.4 Å². The molecule has 3 rings (SSSR count). The Balaban J connectivity index is 1.84. The molecule has 12 nitrogen and oxygen atoms in total. The third-order valence-corrected chi connectivity index (χ3v) is 7.90. The van der Waals surface area contributed by atoms with E-state index >= 15 is 0 Å². The summed E-state index contributed by atoms with van der Waals surface area (Å²) in [5, 5.41) is 5.37. The van der Waals surface area contributed by atoms with Crippen molar-refractivity contribution in [3.63, 3.8) is 0 Å². The second-order valence-electron chi connectivity index (χ2n) is 11.7. The van der Waals surface area contributed by atoms with Crippen molar-refractivity contribution in [1.82, 2.24) is 10.2 Å². The number of primary amides is 1. The molecule has 3 atom stereocenters. The number of carbonyl (C=O) groups is 5. The summed E-state index contributed by atoms with van der Waals surface area (Å²) < 4.78 is 15.6. The van der Waals surface area contributed by atoms with Crippen molar-refractivity contribution in [2.24, 2.45) is 5.73 Å². The summed E-state index contributed by atoms with van der Waals surface area (Å²) in [5.41, 5.74) is 6.88. The van der Waals surface area contributed by atoms with E-state index in [1.54, 1.807) is 37.8 Å². The highest BCUT2D eigenvalue weighted by atomic mass is 32.2. The number of carbonyl (C=O) groups excluding carboxylic acids is 5. The maximum atomic E-state index is 13.6. The highest BCUT2D eigenvalue weighted by Crippen LogP contribution is 2.32. The van der Waals surface area contributed by atoms with E-state index in [2.05, 4.69) is 17.2 Å². The Bertz CT molecular complexity index is 1410. The average molecular weight is 655 g/mol. The summed E-state index contributed by atoms with van der Waals surface area (Å²) in [6.45, 7) is 9.59. The molecule has 1 aliphatic heterocycles. The number of hydrogen-bond acceptors (Lipinski definition) is 10. The number of ether oxygens (including phenoxy) is 3. The minimum Gasteiger partial charge on any atom is -0.467 e. The predicted molar refractivity (Wildman–Crippen MR) is 176 cm³/mol. The summed E-state index contributed by atoms with van der Waals surface area (Å²) in [7, 11) is 1.20. The van der Waals surface area contributed by atoms with Crippen LogP contribution in [0.25, 0.3) is 11.1 Å². The molecule has 0 bridgehead atoms. The van der Waals surface area contributed by atoms with E-state index in [0.717, 1.165) is 17.3 Å². The quantitative estimate of drug-likeness (QED) is 0.156. The molecule has 1 saturated heterocycles. The lowest BCUT2D eigenvalue weighted by Crippen LogP contribution is -2.42. The molecule has 3 unspecified atom stereocenters. The summed E-state index contributed by atoms with van der Waals surface area (Å²) in [6, 6.07) is 13.1. The summed E-state index contributed by atoms with van der Waals surface area (Å²) in [4.78, 5) is 64.4. The van der Waals surface area contributed by atoms with Crippen LogP contribution in [-0.4, -0.2) is 83.8 Å². The molecule has 4 N–H and O–H groups in total. The van der Waals surface area contributed by atoms with Crippen molar-refractivity contribution in [3.8, 4) is 11.1 Å². The van der Waals surface area contributed by atoms with Gasteiger partial charge in [0.1, 0.15) is 18.2 Å². The molecule has 3 amide bonds. The van der Waals surface area contributed by atoms with Gasteiger partial charge in [-0.15, -0.1) is 0 Å². The van der Waals surface area contributed by atoms with E-state index < -0.39 is 40.8 Å². The number of anilines is 1. The van der Waals surface area contributed by atoms with Crippen LogP contribution in [0.15, 0.2) is 61.2 Å². The summed E-state index contributed by atoms with van der Waals surface area (Å²) in [5.74, 6) is -1.86. The molecule has 248 valence electrons. The van der Waals surface area contributed by atoms with E-state index in [0.29, 0.717) is 24.2 Å². The molecule has 0 aromatic heterocycles. The van der Waals surface area contributed by atoms with Crippen LogP contribution in [-0.2, 0) is 23.8 Å². The number of methoxy groups -OCH3 is 1. The fourth-order valence-corrected chi connectivity index (χ4v) is 5.98. The van der Waals surface area contributed by atoms with Gasteiger partial charge in [-0.05, 0) is 68.6 Å². The van der Waals surface area contributed by atoms with Crippen LogP contribution in [0, 0.1) is 0 Å². The summed E-state index contributed by atoms with van der Waals surface area (Å²) >= 11 is 1.05. The SMILES string of the molecule is C=CCOC(=O)N1CC(SC(=O)OC(C)(C)C)CC1CNc1ccc(-c2ccccc2)c(C(=O)NC(CCC(N)=O)C(=O)OC)c1. The maximum Gasteiger partial charge on any atom is 0.410 e. The number of amides is 3. The monoisotopic (exact) mass is 654 g/mol. The lowest BCUT2D eigenvalue weighted by atomic mass is 9.98. The number of esters is 1. The van der Waals surface area contributed by atoms with Gasteiger partial charge in [-0.25, -0.2) is 14.4 Å². The standard InChI is InChI=1S/C33H42N4O8S/c1-6-16-44-31(41)37-20-24(46-32(42)45-33(2,3)4)18-23(37)19-35-22-12-13-25(21-10-8-7-9-11-21)26(17-22)29(39)36-27(30(40)43-5)14-15-28(34)38/h6-13,17,23-24,27,35H,1,14-16,18-20H2,2-5H3,(H2,34,38)(H,36,39). The van der Waals surface area contributed by atoms with Gasteiger partial charge in [-0.1, -0.05) is 49.1 Å². The van der Waals surface area contributed by atoms with Crippen LogP contribution in [0.5, 0.6) is 0 Å². The van der Waals surface area contributed by atoms with Gasteiger partial charge in [0, 0.05) is 36.0 Å². The van der Waals surface area contributed by atoms with E-state index in [-0.39, 0.29) is 42.8 Å². The molecular formula is C33H42N4O8S. The Hall–Kier alpha value is -4.52. The largest absolute Gasteiger partial charge is 0.467 e. The Labute approximate surface area is 273 Å². The minimum absolute atomic E-state index is 0.0195. The van der Waals surface area contributed by atoms with Gasteiger partial charge < -0.3 is 35.5 Å². The van der Waals surface area contributed by atoms with E-state index in [4.69, 9.17) is 19.9 Å². The number of nitrogens with zero attached hydrogens (tertiary/aromatic N) is 1. The van der Waals surface area contributed by atoms with Crippen LogP contribution in [0.1, 0.15) is 50.4 Å². The van der Waals surface area contributed by atoms with Crippen molar-refractivity contribution in [2.75, 3.05) is 32.1 Å². The van der Waals surface area contributed by atoms with Gasteiger partial charge in [-0.2, -0.15) is 0 Å². The second-order valence-corrected chi connectivity index (χ2v) is 12.9. The number of hydrogen-bond donors (Lipinski definition) is 3. The maximum absolute atomic E-state index is 13.6. The molecule has 0 spiro atoms. The topological polar surface area (TPSA) is 166 Å². The first kappa shape index (κ1) is 36.0. The number of nitrogens with one attached hydrogen (secondary N) is 2. The number of likely N-dealkylation sites (tertiary alicyclic amines) is 1. The molecule has 2 aromatic rings. The Morgan fingerprint density at radius 2 is 1.85 bits per heavy atom. The van der Waals surface area contributed by atoms with Crippen LogP contribution in [0.2, 0.25) is 0 Å². The fourth-order valence-electron chi connectivity index (χ4n) is 4.86. The van der Waals surface area contributed by atoms with E-state index in [1.807, 2.05) is 36.4 Å².